The molecule has 0 heterocycles. The second kappa shape index (κ2) is 7.83. The van der Waals surface area contributed by atoms with Crippen LogP contribution in [-0.4, -0.2) is 28.1 Å². The standard InChI is InChI=1S/C13H17N3O5/c1-2-3-4-11(12(17)18)15-13(19)14-9-5-7-10(8-6-9)16(20)21/h5-8,11H,2-4H2,1H3,(H,17,18)(H2,14,15,19)/t11-/m0/s1. The molecule has 114 valence electrons. The van der Waals surface area contributed by atoms with E-state index in [2.05, 4.69) is 10.6 Å². The summed E-state index contributed by atoms with van der Waals surface area (Å²) in [6.07, 6.45) is 1.86. The van der Waals surface area contributed by atoms with E-state index in [1.165, 1.54) is 24.3 Å². The molecule has 0 fully saturated rings. The number of aliphatic carboxylic acids is 1. The molecule has 8 nitrogen and oxygen atoms in total. The number of nitrogens with one attached hydrogen (secondary N) is 2. The van der Waals surface area contributed by atoms with E-state index in [1.807, 2.05) is 6.92 Å². The normalized spacial score (nSPS) is 11.5. The maximum atomic E-state index is 11.7. The van der Waals surface area contributed by atoms with E-state index in [4.69, 9.17) is 5.11 Å². The molecule has 0 saturated carbocycles. The van der Waals surface area contributed by atoms with Crippen molar-refractivity contribution in [2.24, 2.45) is 0 Å². The summed E-state index contributed by atoms with van der Waals surface area (Å²) in [5.41, 5.74) is 0.255. The van der Waals surface area contributed by atoms with Crippen LogP contribution in [0, 0.1) is 10.1 Å². The van der Waals surface area contributed by atoms with Crippen molar-refractivity contribution in [3.05, 3.63) is 34.4 Å². The van der Waals surface area contributed by atoms with Crippen LogP contribution in [0.15, 0.2) is 24.3 Å². The average Bonchev–Trinajstić information content (AvgIpc) is 2.43. The smallest absolute Gasteiger partial charge is 0.326 e. The van der Waals surface area contributed by atoms with Gasteiger partial charge in [0.1, 0.15) is 6.04 Å². The molecule has 0 aliphatic carbocycles. The van der Waals surface area contributed by atoms with Crippen LogP contribution >= 0.6 is 0 Å². The summed E-state index contributed by atoms with van der Waals surface area (Å²) in [5.74, 6) is -1.10. The third kappa shape index (κ3) is 5.47. The van der Waals surface area contributed by atoms with Crippen LogP contribution in [0.1, 0.15) is 26.2 Å². The first-order chi connectivity index (χ1) is 9.93. The lowest BCUT2D eigenvalue weighted by atomic mass is 10.1. The monoisotopic (exact) mass is 295 g/mol. The fraction of sp³-hybridized carbons (Fsp3) is 0.385. The average molecular weight is 295 g/mol. The molecule has 0 aromatic heterocycles. The second-order valence-corrected chi connectivity index (χ2v) is 4.44. The number of unbranched alkanes of at least 4 members (excludes halogenated alkanes) is 1. The van der Waals surface area contributed by atoms with Gasteiger partial charge >= 0.3 is 12.0 Å². The first-order valence-corrected chi connectivity index (χ1v) is 6.48. The van der Waals surface area contributed by atoms with Crippen molar-refractivity contribution in [1.29, 1.82) is 0 Å². The van der Waals surface area contributed by atoms with Gasteiger partial charge in [-0.3, -0.25) is 10.1 Å². The van der Waals surface area contributed by atoms with Crippen LogP contribution in [-0.2, 0) is 4.79 Å². The first-order valence-electron chi connectivity index (χ1n) is 6.48. The summed E-state index contributed by atoms with van der Waals surface area (Å²) in [4.78, 5) is 32.6. The number of carbonyl (C=O) groups excluding carboxylic acids is 1. The molecule has 0 aliphatic heterocycles. The summed E-state index contributed by atoms with van der Waals surface area (Å²) < 4.78 is 0. The summed E-state index contributed by atoms with van der Waals surface area (Å²) in [7, 11) is 0. The van der Waals surface area contributed by atoms with Gasteiger partial charge in [0.2, 0.25) is 0 Å². The molecule has 21 heavy (non-hydrogen) atoms. The van der Waals surface area contributed by atoms with E-state index >= 15 is 0 Å². The maximum Gasteiger partial charge on any atom is 0.326 e. The number of nitro benzene ring substituents is 1. The lowest BCUT2D eigenvalue weighted by Gasteiger charge is -2.14. The number of urea groups is 1. The SMILES string of the molecule is CCCC[C@H](NC(=O)Nc1ccc([N+](=O)[O-])cc1)C(=O)O. The van der Waals surface area contributed by atoms with Crippen molar-refractivity contribution in [2.45, 2.75) is 32.2 Å². The topological polar surface area (TPSA) is 122 Å². The number of hydrogen-bond acceptors (Lipinski definition) is 4. The molecule has 0 bridgehead atoms. The van der Waals surface area contributed by atoms with Gasteiger partial charge in [-0.1, -0.05) is 19.8 Å². The summed E-state index contributed by atoms with van der Waals surface area (Å²) >= 11 is 0. The minimum absolute atomic E-state index is 0.0904. The number of non-ortho nitro benzene ring substituents is 1. The van der Waals surface area contributed by atoms with Crippen LogP contribution in [0.25, 0.3) is 0 Å². The van der Waals surface area contributed by atoms with Gasteiger partial charge in [-0.2, -0.15) is 0 Å². The van der Waals surface area contributed by atoms with Gasteiger partial charge in [0, 0.05) is 17.8 Å². The lowest BCUT2D eigenvalue weighted by molar-refractivity contribution is -0.384. The van der Waals surface area contributed by atoms with Crippen LogP contribution in [0.3, 0.4) is 0 Å². The zero-order valence-electron chi connectivity index (χ0n) is 11.5. The summed E-state index contributed by atoms with van der Waals surface area (Å²) in [6, 6.07) is 3.64. The van der Waals surface area contributed by atoms with E-state index in [9.17, 15) is 19.7 Å². The fourth-order valence-electron chi connectivity index (χ4n) is 1.66. The number of carbonyl (C=O) groups is 2. The van der Waals surface area contributed by atoms with Crippen molar-refractivity contribution in [2.75, 3.05) is 5.32 Å². The Morgan fingerprint density at radius 1 is 1.33 bits per heavy atom. The van der Waals surface area contributed by atoms with Gasteiger partial charge in [-0.05, 0) is 18.6 Å². The number of amides is 2. The molecule has 0 radical (unpaired) electrons. The molecular weight excluding hydrogens is 278 g/mol. The molecule has 1 aromatic carbocycles. The molecule has 0 aliphatic rings. The number of nitro groups is 1. The molecule has 1 aromatic rings. The zero-order valence-corrected chi connectivity index (χ0v) is 11.5. The molecule has 8 heteroatoms. The van der Waals surface area contributed by atoms with E-state index in [1.54, 1.807) is 0 Å². The number of nitrogens with zero attached hydrogens (tertiary/aromatic N) is 1. The molecule has 3 N–H and O–H groups in total. The van der Waals surface area contributed by atoms with Crippen LogP contribution in [0.2, 0.25) is 0 Å². The van der Waals surface area contributed by atoms with Crippen molar-refractivity contribution < 1.29 is 19.6 Å². The largest absolute Gasteiger partial charge is 0.480 e. The van der Waals surface area contributed by atoms with E-state index in [-0.39, 0.29) is 5.69 Å². The van der Waals surface area contributed by atoms with Crippen LogP contribution in [0.4, 0.5) is 16.2 Å². The van der Waals surface area contributed by atoms with E-state index < -0.39 is 23.0 Å². The predicted molar refractivity (Wildman–Crippen MR) is 76.2 cm³/mol. The predicted octanol–water partition coefficient (Wildman–Crippen LogP) is 2.36. The van der Waals surface area contributed by atoms with Crippen molar-refractivity contribution in [3.8, 4) is 0 Å². The molecular formula is C13H17N3O5. The van der Waals surface area contributed by atoms with Gasteiger partial charge in [0.05, 0.1) is 4.92 Å². The summed E-state index contributed by atoms with van der Waals surface area (Å²) in [6.45, 7) is 1.93. The highest BCUT2D eigenvalue weighted by atomic mass is 16.6. The minimum Gasteiger partial charge on any atom is -0.480 e. The van der Waals surface area contributed by atoms with E-state index in [0.717, 1.165) is 6.42 Å². The molecule has 2 amide bonds. The Balaban J connectivity index is 2.59. The third-order valence-electron chi connectivity index (χ3n) is 2.79. The van der Waals surface area contributed by atoms with Gasteiger partial charge in [0.25, 0.3) is 5.69 Å². The number of carboxylic acids is 1. The van der Waals surface area contributed by atoms with Crippen molar-refractivity contribution in [1.82, 2.24) is 5.32 Å². The Labute approximate surface area is 121 Å². The van der Waals surface area contributed by atoms with Crippen molar-refractivity contribution >= 4 is 23.4 Å². The van der Waals surface area contributed by atoms with Crippen molar-refractivity contribution in [3.63, 3.8) is 0 Å². The quantitative estimate of drug-likeness (QED) is 0.526. The third-order valence-corrected chi connectivity index (χ3v) is 2.79. The highest BCUT2D eigenvalue weighted by Crippen LogP contribution is 2.15. The first kappa shape index (κ1) is 16.4. The molecule has 1 atom stereocenters. The second-order valence-electron chi connectivity index (χ2n) is 4.44. The van der Waals surface area contributed by atoms with Gasteiger partial charge in [-0.25, -0.2) is 9.59 Å². The van der Waals surface area contributed by atoms with Gasteiger partial charge in [0.15, 0.2) is 0 Å². The van der Waals surface area contributed by atoms with Gasteiger partial charge < -0.3 is 15.7 Å². The number of carboxylic acid groups (broad SMARTS) is 1. The zero-order chi connectivity index (χ0) is 15.8. The Morgan fingerprint density at radius 2 is 1.95 bits per heavy atom. The Morgan fingerprint density at radius 3 is 2.43 bits per heavy atom. The Hall–Kier alpha value is -2.64. The number of rotatable bonds is 7. The minimum atomic E-state index is -1.10. The maximum absolute atomic E-state index is 11.7. The Bertz CT molecular complexity index is 515. The fourth-order valence-corrected chi connectivity index (χ4v) is 1.66. The Kier molecular flexibility index (Phi) is 6.12. The number of anilines is 1. The highest BCUT2D eigenvalue weighted by molar-refractivity contribution is 5.92. The number of benzene rings is 1. The van der Waals surface area contributed by atoms with Gasteiger partial charge in [-0.15, -0.1) is 0 Å². The van der Waals surface area contributed by atoms with Crippen LogP contribution in [0.5, 0.6) is 0 Å². The molecule has 0 spiro atoms. The summed E-state index contributed by atoms with van der Waals surface area (Å²) in [5, 5.41) is 24.3. The number of hydrogen-bond donors (Lipinski definition) is 3. The van der Waals surface area contributed by atoms with Crippen LogP contribution < -0.4 is 10.6 Å². The highest BCUT2D eigenvalue weighted by Gasteiger charge is 2.19. The van der Waals surface area contributed by atoms with E-state index in [0.29, 0.717) is 18.5 Å². The molecule has 0 unspecified atom stereocenters. The lowest BCUT2D eigenvalue weighted by Crippen LogP contribution is -2.42. The molecule has 0 saturated heterocycles. The molecule has 1 rings (SSSR count).